The Morgan fingerprint density at radius 1 is 1.26 bits per heavy atom. The van der Waals surface area contributed by atoms with Crippen molar-refractivity contribution in [3.8, 4) is 0 Å². The van der Waals surface area contributed by atoms with Crippen LogP contribution in [0, 0.1) is 0 Å². The van der Waals surface area contributed by atoms with Crippen molar-refractivity contribution in [1.29, 1.82) is 0 Å². The summed E-state index contributed by atoms with van der Waals surface area (Å²) in [6.07, 6.45) is 2.85. The summed E-state index contributed by atoms with van der Waals surface area (Å²) in [6, 6.07) is 12.3. The molecule has 2 heterocycles. The second kappa shape index (κ2) is 7.33. The molecule has 2 N–H and O–H groups in total. The summed E-state index contributed by atoms with van der Waals surface area (Å²) in [4.78, 5) is 18.6. The smallest absolute Gasteiger partial charge is 0.317 e. The number of thiophene rings is 1. The fraction of sp³-hybridized carbons (Fsp3) is 0.278. The van der Waals surface area contributed by atoms with Gasteiger partial charge in [0.1, 0.15) is 0 Å². The molecule has 120 valence electrons. The Bertz CT molecular complexity index is 764. The molecule has 0 spiro atoms. The molecule has 0 aliphatic rings. The van der Waals surface area contributed by atoms with Crippen LogP contribution in [0.15, 0.2) is 48.0 Å². The Balaban J connectivity index is 1.54. The van der Waals surface area contributed by atoms with E-state index < -0.39 is 0 Å². The number of nitrogens with zero attached hydrogens (tertiary/aromatic N) is 1. The Labute approximate surface area is 140 Å². The van der Waals surface area contributed by atoms with Crippen LogP contribution in [0.2, 0.25) is 0 Å². The molecule has 0 fully saturated rings. The SMILES string of the molecule is CCN(Cc1cccs1)C(=O)NCCc1c[nH]c2ccccc12. The minimum atomic E-state index is 0.000686. The van der Waals surface area contributed by atoms with Gasteiger partial charge in [-0.05, 0) is 36.4 Å². The number of hydrogen-bond donors (Lipinski definition) is 2. The van der Waals surface area contributed by atoms with Gasteiger partial charge < -0.3 is 15.2 Å². The molecule has 4 nitrogen and oxygen atoms in total. The normalized spacial score (nSPS) is 10.8. The molecular formula is C18H21N3OS. The first-order valence-corrected chi connectivity index (χ1v) is 8.76. The van der Waals surface area contributed by atoms with E-state index in [1.165, 1.54) is 15.8 Å². The number of benzene rings is 1. The van der Waals surface area contributed by atoms with Crippen LogP contribution in [-0.4, -0.2) is 29.0 Å². The second-order valence-electron chi connectivity index (χ2n) is 5.43. The number of urea groups is 1. The Kier molecular flexibility index (Phi) is 4.98. The fourth-order valence-corrected chi connectivity index (χ4v) is 3.39. The zero-order valence-corrected chi connectivity index (χ0v) is 14.0. The van der Waals surface area contributed by atoms with Crippen LogP contribution < -0.4 is 5.32 Å². The number of amides is 2. The lowest BCUT2D eigenvalue weighted by Gasteiger charge is -2.20. The number of fused-ring (bicyclic) bond motifs is 1. The van der Waals surface area contributed by atoms with Gasteiger partial charge in [0.2, 0.25) is 0 Å². The van der Waals surface area contributed by atoms with Gasteiger partial charge in [-0.25, -0.2) is 4.79 Å². The fourth-order valence-electron chi connectivity index (χ4n) is 2.67. The molecule has 2 amide bonds. The van der Waals surface area contributed by atoms with Crippen molar-refractivity contribution in [2.24, 2.45) is 0 Å². The molecule has 2 aromatic heterocycles. The summed E-state index contributed by atoms with van der Waals surface area (Å²) in [6.45, 7) is 4.03. The van der Waals surface area contributed by atoms with E-state index in [1.807, 2.05) is 41.6 Å². The van der Waals surface area contributed by atoms with Crippen molar-refractivity contribution in [3.63, 3.8) is 0 Å². The van der Waals surface area contributed by atoms with Crippen molar-refractivity contribution < 1.29 is 4.79 Å². The maximum atomic E-state index is 12.3. The van der Waals surface area contributed by atoms with E-state index >= 15 is 0 Å². The number of H-pyrrole nitrogens is 1. The lowest BCUT2D eigenvalue weighted by atomic mass is 10.1. The average molecular weight is 327 g/mol. The van der Waals surface area contributed by atoms with E-state index in [0.717, 1.165) is 11.9 Å². The molecule has 0 atom stereocenters. The quantitative estimate of drug-likeness (QED) is 0.706. The van der Waals surface area contributed by atoms with E-state index in [9.17, 15) is 4.79 Å². The predicted molar refractivity (Wildman–Crippen MR) is 95.8 cm³/mol. The molecule has 5 heteroatoms. The number of rotatable bonds is 6. The zero-order chi connectivity index (χ0) is 16.1. The van der Waals surface area contributed by atoms with Gasteiger partial charge in [-0.15, -0.1) is 11.3 Å². The van der Waals surface area contributed by atoms with Crippen LogP contribution in [0.25, 0.3) is 10.9 Å². The minimum Gasteiger partial charge on any atom is -0.361 e. The molecule has 3 rings (SSSR count). The van der Waals surface area contributed by atoms with Crippen molar-refractivity contribution in [2.45, 2.75) is 19.9 Å². The van der Waals surface area contributed by atoms with Crippen LogP contribution in [0.4, 0.5) is 4.79 Å². The third kappa shape index (κ3) is 3.74. The van der Waals surface area contributed by atoms with Gasteiger partial charge >= 0.3 is 6.03 Å². The van der Waals surface area contributed by atoms with Gasteiger partial charge in [0.05, 0.1) is 6.54 Å². The summed E-state index contributed by atoms with van der Waals surface area (Å²) in [5.74, 6) is 0. The summed E-state index contributed by atoms with van der Waals surface area (Å²) >= 11 is 1.68. The van der Waals surface area contributed by atoms with E-state index in [2.05, 4.69) is 28.5 Å². The number of carbonyl (C=O) groups is 1. The molecule has 0 saturated heterocycles. The number of aromatic nitrogens is 1. The largest absolute Gasteiger partial charge is 0.361 e. The van der Waals surface area contributed by atoms with Crippen molar-refractivity contribution in [2.75, 3.05) is 13.1 Å². The Morgan fingerprint density at radius 2 is 2.13 bits per heavy atom. The third-order valence-corrected chi connectivity index (χ3v) is 4.80. The number of para-hydroxylation sites is 1. The van der Waals surface area contributed by atoms with Crippen molar-refractivity contribution in [1.82, 2.24) is 15.2 Å². The second-order valence-corrected chi connectivity index (χ2v) is 6.47. The molecule has 1 aromatic carbocycles. The van der Waals surface area contributed by atoms with E-state index in [4.69, 9.17) is 0 Å². The van der Waals surface area contributed by atoms with Gasteiger partial charge in [-0.3, -0.25) is 0 Å². The van der Waals surface area contributed by atoms with E-state index in [-0.39, 0.29) is 6.03 Å². The van der Waals surface area contributed by atoms with Gasteiger partial charge in [0.15, 0.2) is 0 Å². The van der Waals surface area contributed by atoms with Gasteiger partial charge in [0, 0.05) is 35.1 Å². The highest BCUT2D eigenvalue weighted by atomic mass is 32.1. The van der Waals surface area contributed by atoms with Crippen LogP contribution in [0.3, 0.4) is 0 Å². The molecule has 0 unspecified atom stereocenters. The third-order valence-electron chi connectivity index (χ3n) is 3.94. The van der Waals surface area contributed by atoms with E-state index in [1.54, 1.807) is 11.3 Å². The summed E-state index contributed by atoms with van der Waals surface area (Å²) in [7, 11) is 0. The number of nitrogens with one attached hydrogen (secondary N) is 2. The summed E-state index contributed by atoms with van der Waals surface area (Å²) < 4.78 is 0. The number of hydrogen-bond acceptors (Lipinski definition) is 2. The first-order chi connectivity index (χ1) is 11.3. The van der Waals surface area contributed by atoms with Crippen LogP contribution in [0.1, 0.15) is 17.4 Å². The van der Waals surface area contributed by atoms with Gasteiger partial charge in [-0.2, -0.15) is 0 Å². The number of aromatic amines is 1. The maximum Gasteiger partial charge on any atom is 0.317 e. The zero-order valence-electron chi connectivity index (χ0n) is 13.2. The summed E-state index contributed by atoms with van der Waals surface area (Å²) in [5, 5.41) is 6.30. The number of carbonyl (C=O) groups excluding carboxylic acids is 1. The molecule has 3 aromatic rings. The van der Waals surface area contributed by atoms with Crippen molar-refractivity contribution in [3.05, 3.63) is 58.4 Å². The van der Waals surface area contributed by atoms with Crippen LogP contribution in [-0.2, 0) is 13.0 Å². The molecule has 23 heavy (non-hydrogen) atoms. The monoisotopic (exact) mass is 327 g/mol. The molecule has 0 aliphatic heterocycles. The lowest BCUT2D eigenvalue weighted by Crippen LogP contribution is -2.40. The van der Waals surface area contributed by atoms with Crippen LogP contribution >= 0.6 is 11.3 Å². The standard InChI is InChI=1S/C18H21N3OS/c1-2-21(13-15-6-5-11-23-15)18(22)19-10-9-14-12-20-17-8-4-3-7-16(14)17/h3-8,11-12,20H,2,9-10,13H2,1H3,(H,19,22). The molecule has 0 aliphatic carbocycles. The first-order valence-electron chi connectivity index (χ1n) is 7.88. The van der Waals surface area contributed by atoms with Gasteiger partial charge in [-0.1, -0.05) is 24.3 Å². The molecule has 0 saturated carbocycles. The van der Waals surface area contributed by atoms with Crippen molar-refractivity contribution >= 4 is 28.3 Å². The predicted octanol–water partition coefficient (Wildman–Crippen LogP) is 4.00. The Hall–Kier alpha value is -2.27. The van der Waals surface area contributed by atoms with Crippen LogP contribution in [0.5, 0.6) is 0 Å². The highest BCUT2D eigenvalue weighted by Crippen LogP contribution is 2.17. The minimum absolute atomic E-state index is 0.000686. The topological polar surface area (TPSA) is 48.1 Å². The lowest BCUT2D eigenvalue weighted by molar-refractivity contribution is 0.199. The molecule has 0 radical (unpaired) electrons. The molecular weight excluding hydrogens is 306 g/mol. The highest BCUT2D eigenvalue weighted by molar-refractivity contribution is 7.09. The molecule has 0 bridgehead atoms. The van der Waals surface area contributed by atoms with E-state index in [0.29, 0.717) is 19.6 Å². The average Bonchev–Trinajstić information content (AvgIpc) is 3.22. The Morgan fingerprint density at radius 3 is 2.91 bits per heavy atom. The van der Waals surface area contributed by atoms with Gasteiger partial charge in [0.25, 0.3) is 0 Å². The highest BCUT2D eigenvalue weighted by Gasteiger charge is 2.12. The first kappa shape index (κ1) is 15.6. The maximum absolute atomic E-state index is 12.3. The summed E-state index contributed by atoms with van der Waals surface area (Å²) in [5.41, 5.74) is 2.38.